The Hall–Kier alpha value is -1.72. The summed E-state index contributed by atoms with van der Waals surface area (Å²) in [6.45, 7) is 12.3. The Morgan fingerprint density at radius 1 is 0.500 bits per heavy atom. The van der Waals surface area contributed by atoms with Crippen molar-refractivity contribution < 1.29 is 9.47 Å². The lowest BCUT2D eigenvalue weighted by Crippen LogP contribution is -2.21. The molecular formula is C36H60N2O2. The first-order chi connectivity index (χ1) is 19.6. The molecule has 0 saturated carbocycles. The van der Waals surface area contributed by atoms with Crippen molar-refractivity contribution in [2.45, 2.75) is 104 Å². The van der Waals surface area contributed by atoms with Crippen LogP contribution in [-0.2, 0) is 22.7 Å². The van der Waals surface area contributed by atoms with E-state index in [2.05, 4.69) is 86.3 Å². The third-order valence-electron chi connectivity index (χ3n) is 7.67. The standard InChI is InChI=1S/C36H60N2O2/c1-5-7-9-11-23-37(3)25-13-15-27-39-31-33-19-17-21-35(29-33)36-22-18-20-34(30-36)32-40-28-16-14-26-38(4)24-12-10-8-6-2/h17-22,29-30H,5-16,23-28,31-32H2,1-4H3. The second-order valence-corrected chi connectivity index (χ2v) is 11.6. The molecule has 0 aliphatic rings. The molecule has 0 radical (unpaired) electrons. The van der Waals surface area contributed by atoms with E-state index < -0.39 is 0 Å². The van der Waals surface area contributed by atoms with Gasteiger partial charge in [-0.3, -0.25) is 0 Å². The van der Waals surface area contributed by atoms with Crippen molar-refractivity contribution >= 4 is 0 Å². The highest BCUT2D eigenvalue weighted by Gasteiger charge is 2.04. The first kappa shape index (κ1) is 34.5. The highest BCUT2D eigenvalue weighted by molar-refractivity contribution is 5.64. The summed E-state index contributed by atoms with van der Waals surface area (Å²) in [6.07, 6.45) is 15.4. The van der Waals surface area contributed by atoms with Crippen LogP contribution in [-0.4, -0.2) is 63.3 Å². The summed E-state index contributed by atoms with van der Waals surface area (Å²) in [5.74, 6) is 0. The molecule has 0 aliphatic carbocycles. The zero-order valence-electron chi connectivity index (χ0n) is 26.5. The summed E-state index contributed by atoms with van der Waals surface area (Å²) >= 11 is 0. The summed E-state index contributed by atoms with van der Waals surface area (Å²) in [6, 6.07) is 17.5. The van der Waals surface area contributed by atoms with Crippen LogP contribution in [0.15, 0.2) is 48.5 Å². The SMILES string of the molecule is CCCCCCN(C)CCCCOCc1cccc(-c2cccc(COCCCCN(C)CCCCCC)c2)c1. The molecule has 0 spiro atoms. The van der Waals surface area contributed by atoms with Crippen LogP contribution in [0.25, 0.3) is 11.1 Å². The molecule has 0 fully saturated rings. The van der Waals surface area contributed by atoms with E-state index in [0.29, 0.717) is 13.2 Å². The molecule has 0 aromatic heterocycles. The van der Waals surface area contributed by atoms with E-state index in [0.717, 1.165) is 26.1 Å². The van der Waals surface area contributed by atoms with Crippen molar-refractivity contribution in [2.75, 3.05) is 53.5 Å². The number of ether oxygens (including phenoxy) is 2. The van der Waals surface area contributed by atoms with Crippen LogP contribution in [0.2, 0.25) is 0 Å². The molecule has 0 N–H and O–H groups in total. The number of unbranched alkanes of at least 4 members (excludes halogenated alkanes) is 8. The minimum Gasteiger partial charge on any atom is -0.377 e. The van der Waals surface area contributed by atoms with Crippen molar-refractivity contribution in [1.82, 2.24) is 9.80 Å². The third kappa shape index (κ3) is 16.5. The highest BCUT2D eigenvalue weighted by atomic mass is 16.5. The van der Waals surface area contributed by atoms with E-state index in [1.165, 1.54) is 113 Å². The van der Waals surface area contributed by atoms with Gasteiger partial charge in [-0.2, -0.15) is 0 Å². The van der Waals surface area contributed by atoms with E-state index in [1.807, 2.05) is 0 Å². The smallest absolute Gasteiger partial charge is 0.0717 e. The van der Waals surface area contributed by atoms with Gasteiger partial charge in [0.2, 0.25) is 0 Å². The third-order valence-corrected chi connectivity index (χ3v) is 7.67. The fraction of sp³-hybridized carbons (Fsp3) is 0.667. The summed E-state index contributed by atoms with van der Waals surface area (Å²) < 4.78 is 12.0. The first-order valence-corrected chi connectivity index (χ1v) is 16.3. The van der Waals surface area contributed by atoms with Crippen molar-refractivity contribution in [3.05, 3.63) is 59.7 Å². The van der Waals surface area contributed by atoms with Crippen molar-refractivity contribution in [1.29, 1.82) is 0 Å². The molecule has 226 valence electrons. The minimum absolute atomic E-state index is 0.678. The van der Waals surface area contributed by atoms with Crippen LogP contribution in [0.4, 0.5) is 0 Å². The van der Waals surface area contributed by atoms with E-state index in [4.69, 9.17) is 9.47 Å². The molecule has 0 unspecified atom stereocenters. The normalized spacial score (nSPS) is 11.7. The fourth-order valence-electron chi connectivity index (χ4n) is 5.07. The van der Waals surface area contributed by atoms with E-state index in [-0.39, 0.29) is 0 Å². The number of benzene rings is 2. The van der Waals surface area contributed by atoms with Crippen LogP contribution in [0.5, 0.6) is 0 Å². The molecule has 4 nitrogen and oxygen atoms in total. The van der Waals surface area contributed by atoms with Gasteiger partial charge in [0.15, 0.2) is 0 Å². The van der Waals surface area contributed by atoms with Gasteiger partial charge >= 0.3 is 0 Å². The molecular weight excluding hydrogens is 492 g/mol. The molecule has 0 aliphatic heterocycles. The largest absolute Gasteiger partial charge is 0.377 e. The first-order valence-electron chi connectivity index (χ1n) is 16.3. The minimum atomic E-state index is 0.678. The topological polar surface area (TPSA) is 24.9 Å². The highest BCUT2D eigenvalue weighted by Crippen LogP contribution is 2.22. The Labute approximate surface area is 247 Å². The maximum Gasteiger partial charge on any atom is 0.0717 e. The molecule has 0 amide bonds. The van der Waals surface area contributed by atoms with Gasteiger partial charge in [-0.1, -0.05) is 88.8 Å². The Kier molecular flexibility index (Phi) is 19.7. The number of nitrogens with zero attached hydrogens (tertiary/aromatic N) is 2. The molecule has 0 heterocycles. The monoisotopic (exact) mass is 552 g/mol. The van der Waals surface area contributed by atoms with Gasteiger partial charge < -0.3 is 19.3 Å². The molecule has 0 saturated heterocycles. The number of hydrogen-bond acceptors (Lipinski definition) is 4. The van der Waals surface area contributed by atoms with Gasteiger partial charge in [0.05, 0.1) is 13.2 Å². The second-order valence-electron chi connectivity index (χ2n) is 11.6. The van der Waals surface area contributed by atoms with Crippen LogP contribution in [0.3, 0.4) is 0 Å². The zero-order chi connectivity index (χ0) is 28.7. The van der Waals surface area contributed by atoms with E-state index >= 15 is 0 Å². The molecule has 4 heteroatoms. The predicted octanol–water partition coefficient (Wildman–Crippen LogP) is 8.97. The van der Waals surface area contributed by atoms with Gasteiger partial charge in [0.25, 0.3) is 0 Å². The van der Waals surface area contributed by atoms with Crippen LogP contribution in [0, 0.1) is 0 Å². The number of hydrogen-bond donors (Lipinski definition) is 0. The average Bonchev–Trinajstić information content (AvgIpc) is 2.97. The molecule has 2 rings (SSSR count). The maximum atomic E-state index is 6.02. The van der Waals surface area contributed by atoms with Gasteiger partial charge in [0.1, 0.15) is 0 Å². The zero-order valence-corrected chi connectivity index (χ0v) is 26.5. The van der Waals surface area contributed by atoms with Gasteiger partial charge in [-0.05, 0) is 113 Å². The molecule has 40 heavy (non-hydrogen) atoms. The Bertz CT molecular complexity index is 800. The van der Waals surface area contributed by atoms with Gasteiger partial charge in [-0.25, -0.2) is 0 Å². The number of rotatable bonds is 25. The molecule has 0 bridgehead atoms. The Morgan fingerprint density at radius 3 is 1.30 bits per heavy atom. The van der Waals surface area contributed by atoms with E-state index in [1.54, 1.807) is 0 Å². The van der Waals surface area contributed by atoms with Crippen molar-refractivity contribution in [3.63, 3.8) is 0 Å². The van der Waals surface area contributed by atoms with E-state index in [9.17, 15) is 0 Å². The van der Waals surface area contributed by atoms with Crippen LogP contribution < -0.4 is 0 Å². The van der Waals surface area contributed by atoms with Crippen molar-refractivity contribution in [3.8, 4) is 11.1 Å². The summed E-state index contributed by atoms with van der Waals surface area (Å²) in [5.41, 5.74) is 4.97. The lowest BCUT2D eigenvalue weighted by atomic mass is 10.0. The lowest BCUT2D eigenvalue weighted by molar-refractivity contribution is 0.115. The quantitative estimate of drug-likeness (QED) is 0.115. The summed E-state index contributed by atoms with van der Waals surface area (Å²) in [5, 5.41) is 0. The maximum absolute atomic E-state index is 6.02. The van der Waals surface area contributed by atoms with Crippen LogP contribution in [0.1, 0.15) is 102 Å². The summed E-state index contributed by atoms with van der Waals surface area (Å²) in [4.78, 5) is 4.93. The van der Waals surface area contributed by atoms with Crippen molar-refractivity contribution in [2.24, 2.45) is 0 Å². The van der Waals surface area contributed by atoms with Crippen LogP contribution >= 0.6 is 0 Å². The van der Waals surface area contributed by atoms with Gasteiger partial charge in [-0.15, -0.1) is 0 Å². The summed E-state index contributed by atoms with van der Waals surface area (Å²) in [7, 11) is 4.49. The molecule has 2 aromatic rings. The Morgan fingerprint density at radius 2 is 0.900 bits per heavy atom. The second kappa shape index (κ2) is 22.9. The molecule has 2 aromatic carbocycles. The average molecular weight is 553 g/mol. The fourth-order valence-corrected chi connectivity index (χ4v) is 5.07. The van der Waals surface area contributed by atoms with Gasteiger partial charge in [0, 0.05) is 13.2 Å². The lowest BCUT2D eigenvalue weighted by Gasteiger charge is -2.16. The Balaban J connectivity index is 1.62. The molecule has 0 atom stereocenters. The predicted molar refractivity (Wildman–Crippen MR) is 173 cm³/mol.